The first-order chi connectivity index (χ1) is 25.6. The third-order valence-corrected chi connectivity index (χ3v) is 11.5. The third-order valence-electron chi connectivity index (χ3n) is 8.23. The van der Waals surface area contributed by atoms with Gasteiger partial charge in [-0.25, -0.2) is 27.2 Å². The fourth-order valence-corrected chi connectivity index (χ4v) is 8.60. The van der Waals surface area contributed by atoms with Crippen molar-refractivity contribution < 1.29 is 36.6 Å². The highest BCUT2D eigenvalue weighted by Crippen LogP contribution is 2.39. The van der Waals surface area contributed by atoms with Crippen molar-refractivity contribution in [2.45, 2.75) is 25.6 Å². The van der Waals surface area contributed by atoms with Gasteiger partial charge in [-0.1, -0.05) is 58.4 Å². The number of esters is 2. The molecule has 4 nitrogen and oxygen atoms in total. The molecule has 0 aliphatic rings. The highest BCUT2D eigenvalue weighted by atomic mass is 79.9. The van der Waals surface area contributed by atoms with Crippen molar-refractivity contribution in [1.29, 1.82) is 0 Å². The molecule has 270 valence electrons. The van der Waals surface area contributed by atoms with E-state index in [9.17, 15) is 27.2 Å². The maximum absolute atomic E-state index is 14.5. The van der Waals surface area contributed by atoms with Crippen molar-refractivity contribution in [3.63, 3.8) is 0 Å². The Morgan fingerprint density at radius 1 is 0.585 bits per heavy atom. The highest BCUT2D eigenvalue weighted by Gasteiger charge is 2.16. The largest absolute Gasteiger partial charge is 0.462 e. The molecule has 0 bridgehead atoms. The Bertz CT molecular complexity index is 2460. The smallest absolute Gasteiger partial charge is 0.338 e. The molecule has 2 heterocycles. The maximum atomic E-state index is 14.5. The van der Waals surface area contributed by atoms with Crippen LogP contribution in [0.5, 0.6) is 0 Å². The molecule has 7 rings (SSSR count). The fraction of sp³-hybridized carbons (Fsp3) is 0.143. The molecule has 0 fully saturated rings. The molecular weight excluding hydrogens is 788 g/mol. The molecule has 0 amide bonds. The first-order valence-electron chi connectivity index (χ1n) is 16.6. The van der Waals surface area contributed by atoms with Crippen LogP contribution in [0.15, 0.2) is 103 Å². The van der Waals surface area contributed by atoms with Gasteiger partial charge in [-0.2, -0.15) is 0 Å². The van der Waals surface area contributed by atoms with E-state index in [0.29, 0.717) is 45.8 Å². The van der Waals surface area contributed by atoms with Gasteiger partial charge in [0.15, 0.2) is 11.6 Å². The molecule has 0 N–H and O–H groups in total. The van der Waals surface area contributed by atoms with Gasteiger partial charge in [0, 0.05) is 41.7 Å². The summed E-state index contributed by atoms with van der Waals surface area (Å²) in [6.45, 7) is 4.13. The zero-order chi connectivity index (χ0) is 37.6. The number of thiophene rings is 2. The Morgan fingerprint density at radius 3 is 1.57 bits per heavy atom. The number of hydrogen-bond donors (Lipinski definition) is 0. The van der Waals surface area contributed by atoms with Gasteiger partial charge in [0.1, 0.15) is 11.6 Å². The standard InChI is InChI=1S/C24H17F3O2S.C18H14BrFO2S/c1-2-29-24(28)16-5-3-4-15(12-16)18-7-9-20(25)19-13-17(30-23(18)19)10-14-6-8-21(26)22(27)11-14;1-2-22-18(21)12-5-3-4-11(8-12)14-6-7-16(20)15-9-13(10-19)23-17(14)15/h3-9,11-13H,2,10H2,1H3;3-9H,2,10H2,1H3. The Morgan fingerprint density at radius 2 is 1.08 bits per heavy atom. The molecule has 53 heavy (non-hydrogen) atoms. The average molecular weight is 820 g/mol. The van der Waals surface area contributed by atoms with Crippen molar-refractivity contribution >= 4 is 70.7 Å². The van der Waals surface area contributed by atoms with Crippen molar-refractivity contribution in [2.75, 3.05) is 13.2 Å². The normalized spacial score (nSPS) is 11.0. The molecule has 0 spiro atoms. The highest BCUT2D eigenvalue weighted by molar-refractivity contribution is 9.08. The van der Waals surface area contributed by atoms with Gasteiger partial charge >= 0.3 is 11.9 Å². The minimum absolute atomic E-state index is 0.228. The second-order valence-electron chi connectivity index (χ2n) is 11.8. The molecule has 2 aromatic heterocycles. The number of rotatable bonds is 9. The zero-order valence-corrected chi connectivity index (χ0v) is 31.7. The van der Waals surface area contributed by atoms with Crippen LogP contribution in [0.3, 0.4) is 0 Å². The van der Waals surface area contributed by atoms with E-state index in [1.54, 1.807) is 73.7 Å². The molecule has 0 saturated carbocycles. The van der Waals surface area contributed by atoms with Gasteiger partial charge in [-0.05, 0) is 102 Å². The zero-order valence-electron chi connectivity index (χ0n) is 28.5. The number of fused-ring (bicyclic) bond motifs is 2. The first-order valence-corrected chi connectivity index (χ1v) is 19.3. The fourth-order valence-electron chi connectivity index (χ4n) is 5.80. The topological polar surface area (TPSA) is 52.6 Å². The molecule has 0 atom stereocenters. The van der Waals surface area contributed by atoms with Gasteiger partial charge in [0.25, 0.3) is 0 Å². The molecule has 0 aliphatic carbocycles. The summed E-state index contributed by atoms with van der Waals surface area (Å²) < 4.78 is 67.0. The van der Waals surface area contributed by atoms with Gasteiger partial charge in [-0.15, -0.1) is 22.7 Å². The number of carbonyl (C=O) groups excluding carboxylic acids is 2. The quantitative estimate of drug-likeness (QED) is 0.0827. The first kappa shape index (κ1) is 37.9. The van der Waals surface area contributed by atoms with E-state index in [4.69, 9.17) is 9.47 Å². The Labute approximate surface area is 319 Å². The third kappa shape index (κ3) is 8.53. The lowest BCUT2D eigenvalue weighted by molar-refractivity contribution is 0.0517. The SMILES string of the molecule is CCOC(=O)c1cccc(-c2ccc(F)c3cc(CBr)sc23)c1.CCOC(=O)c1cccc(-c2ccc(F)c3cc(Cc4ccc(F)c(F)c4)sc23)c1. The van der Waals surface area contributed by atoms with Gasteiger partial charge in [0.2, 0.25) is 0 Å². The molecule has 11 heteroatoms. The summed E-state index contributed by atoms with van der Waals surface area (Å²) in [4.78, 5) is 25.9. The van der Waals surface area contributed by atoms with Crippen LogP contribution < -0.4 is 0 Å². The monoisotopic (exact) mass is 818 g/mol. The van der Waals surface area contributed by atoms with Crippen molar-refractivity contribution in [2.24, 2.45) is 0 Å². The second kappa shape index (κ2) is 16.9. The van der Waals surface area contributed by atoms with Crippen LogP contribution >= 0.6 is 38.6 Å². The molecule has 0 aliphatic heterocycles. The Balaban J connectivity index is 0.000000188. The molecule has 5 aromatic carbocycles. The van der Waals surface area contributed by atoms with E-state index in [2.05, 4.69) is 15.9 Å². The second-order valence-corrected chi connectivity index (χ2v) is 14.6. The predicted molar refractivity (Wildman–Crippen MR) is 208 cm³/mol. The van der Waals surface area contributed by atoms with E-state index in [1.807, 2.05) is 24.3 Å². The molecular formula is C42H31BrF4O4S2. The number of carbonyl (C=O) groups is 2. The minimum atomic E-state index is -0.906. The number of halogens is 5. The van der Waals surface area contributed by atoms with Gasteiger partial charge in [-0.3, -0.25) is 0 Å². The number of hydrogen-bond acceptors (Lipinski definition) is 6. The number of ether oxygens (including phenoxy) is 2. The van der Waals surface area contributed by atoms with E-state index in [0.717, 1.165) is 53.5 Å². The summed E-state index contributed by atoms with van der Waals surface area (Å²) >= 11 is 6.36. The lowest BCUT2D eigenvalue weighted by atomic mass is 10.0. The van der Waals surface area contributed by atoms with Crippen LogP contribution in [0.25, 0.3) is 42.4 Å². The summed E-state index contributed by atoms with van der Waals surface area (Å²) in [7, 11) is 0. The lowest BCUT2D eigenvalue weighted by Crippen LogP contribution is -2.04. The summed E-state index contributed by atoms with van der Waals surface area (Å²) in [6, 6.07) is 27.9. The van der Waals surface area contributed by atoms with Gasteiger partial charge in [0.05, 0.1) is 24.3 Å². The van der Waals surface area contributed by atoms with Crippen LogP contribution in [0.1, 0.15) is 49.9 Å². The molecule has 7 aromatic rings. The van der Waals surface area contributed by atoms with Crippen LogP contribution in [-0.4, -0.2) is 25.2 Å². The van der Waals surface area contributed by atoms with Crippen LogP contribution in [0.4, 0.5) is 17.6 Å². The molecule has 0 saturated heterocycles. The molecule has 0 unspecified atom stereocenters. The van der Waals surface area contributed by atoms with Crippen molar-refractivity contribution in [1.82, 2.24) is 0 Å². The van der Waals surface area contributed by atoms with E-state index >= 15 is 0 Å². The summed E-state index contributed by atoms with van der Waals surface area (Å²) in [5.41, 5.74) is 4.88. The Kier molecular flexibility index (Phi) is 12.1. The van der Waals surface area contributed by atoms with E-state index < -0.39 is 17.6 Å². The summed E-state index contributed by atoms with van der Waals surface area (Å²) in [5, 5.41) is 1.76. The predicted octanol–water partition coefficient (Wildman–Crippen LogP) is 12.5. The van der Waals surface area contributed by atoms with Crippen molar-refractivity contribution in [3.05, 3.63) is 153 Å². The van der Waals surface area contributed by atoms with Crippen molar-refractivity contribution in [3.8, 4) is 22.3 Å². The molecule has 0 radical (unpaired) electrons. The number of alkyl halides is 1. The lowest BCUT2D eigenvalue weighted by Gasteiger charge is -2.07. The van der Waals surface area contributed by atoms with Gasteiger partial charge < -0.3 is 9.47 Å². The van der Waals surface area contributed by atoms with E-state index in [1.165, 1.54) is 29.5 Å². The van der Waals surface area contributed by atoms with Crippen LogP contribution in [-0.2, 0) is 21.2 Å². The summed E-state index contributed by atoms with van der Waals surface area (Å²) in [6.07, 6.45) is 0.359. The van der Waals surface area contributed by atoms with Crippen LogP contribution in [0, 0.1) is 23.3 Å². The summed E-state index contributed by atoms with van der Waals surface area (Å²) in [5.74, 6) is -3.15. The number of benzene rings is 5. The maximum Gasteiger partial charge on any atom is 0.338 e. The minimum Gasteiger partial charge on any atom is -0.462 e. The average Bonchev–Trinajstić information content (AvgIpc) is 3.80. The van der Waals surface area contributed by atoms with E-state index in [-0.39, 0.29) is 24.2 Å². The Hall–Kier alpha value is -4.84. The van der Waals surface area contributed by atoms with Crippen LogP contribution in [0.2, 0.25) is 0 Å².